The molecule has 0 aromatic carbocycles. The van der Waals surface area contributed by atoms with E-state index in [2.05, 4.69) is 20.8 Å². The Morgan fingerprint density at radius 3 is 1.90 bits per heavy atom. The lowest BCUT2D eigenvalue weighted by Crippen LogP contribution is -2.41. The second kappa shape index (κ2) is 3.35. The van der Waals surface area contributed by atoms with E-state index in [4.69, 9.17) is 10.8 Å². The Kier molecular flexibility index (Phi) is 3.33. The summed E-state index contributed by atoms with van der Waals surface area (Å²) in [5.74, 6) is 0.194. The molecule has 0 saturated carbocycles. The second-order valence-electron chi connectivity index (χ2n) is 4.05. The molecule has 0 saturated heterocycles. The van der Waals surface area contributed by atoms with E-state index in [9.17, 15) is 0 Å². The molecule has 0 aromatic heterocycles. The van der Waals surface area contributed by atoms with Gasteiger partial charge in [-0.3, -0.25) is 0 Å². The van der Waals surface area contributed by atoms with Gasteiger partial charge in [0.15, 0.2) is 0 Å². The summed E-state index contributed by atoms with van der Waals surface area (Å²) in [4.78, 5) is 0. The van der Waals surface area contributed by atoms with Crippen molar-refractivity contribution in [2.75, 3.05) is 6.61 Å². The smallest absolute Gasteiger partial charge is 0.0471 e. The second-order valence-corrected chi connectivity index (χ2v) is 4.05. The fourth-order valence-electron chi connectivity index (χ4n) is 0.967. The lowest BCUT2D eigenvalue weighted by Gasteiger charge is -2.31. The Morgan fingerprint density at radius 1 is 1.40 bits per heavy atom. The van der Waals surface area contributed by atoms with E-state index in [1.165, 1.54) is 0 Å². The van der Waals surface area contributed by atoms with Crippen molar-refractivity contribution < 1.29 is 5.11 Å². The number of hydrogen-bond donors (Lipinski definition) is 2. The van der Waals surface area contributed by atoms with Crippen LogP contribution in [0.5, 0.6) is 0 Å². The van der Waals surface area contributed by atoms with Gasteiger partial charge in [-0.25, -0.2) is 0 Å². The number of nitrogens with two attached hydrogens (primary N) is 1. The molecule has 0 aromatic rings. The average molecular weight is 145 g/mol. The molecular formula is C8H19NO. The van der Waals surface area contributed by atoms with Crippen molar-refractivity contribution in [3.05, 3.63) is 0 Å². The lowest BCUT2D eigenvalue weighted by atomic mass is 9.81. The van der Waals surface area contributed by atoms with Gasteiger partial charge in [0.1, 0.15) is 0 Å². The molecule has 3 N–H and O–H groups in total. The van der Waals surface area contributed by atoms with Gasteiger partial charge in [0.2, 0.25) is 0 Å². The SMILES string of the molecule is CC(CO)C(N)C(C)(C)C. The predicted molar refractivity (Wildman–Crippen MR) is 43.7 cm³/mol. The molecule has 0 fully saturated rings. The third kappa shape index (κ3) is 2.67. The standard InChI is InChI=1S/C8H19NO/c1-6(5-10)7(9)8(2,3)4/h6-7,10H,5,9H2,1-4H3. The highest BCUT2D eigenvalue weighted by atomic mass is 16.3. The number of hydrogen-bond acceptors (Lipinski definition) is 2. The highest BCUT2D eigenvalue weighted by Crippen LogP contribution is 2.22. The van der Waals surface area contributed by atoms with Crippen LogP contribution in [-0.4, -0.2) is 17.8 Å². The van der Waals surface area contributed by atoms with Crippen molar-refractivity contribution in [2.45, 2.75) is 33.7 Å². The molecule has 0 aliphatic carbocycles. The number of aliphatic hydroxyl groups excluding tert-OH is 1. The molecule has 10 heavy (non-hydrogen) atoms. The van der Waals surface area contributed by atoms with Crippen LogP contribution < -0.4 is 5.73 Å². The average Bonchev–Trinajstić information content (AvgIpc) is 1.83. The Balaban J connectivity index is 3.94. The summed E-state index contributed by atoms with van der Waals surface area (Å²) in [6.45, 7) is 8.41. The minimum atomic E-state index is 0.0810. The highest BCUT2D eigenvalue weighted by molar-refractivity contribution is 4.80. The Bertz CT molecular complexity index is 95.9. The highest BCUT2D eigenvalue weighted by Gasteiger charge is 2.25. The van der Waals surface area contributed by atoms with Crippen LogP contribution in [0.2, 0.25) is 0 Å². The maximum Gasteiger partial charge on any atom is 0.0471 e. The maximum absolute atomic E-state index is 8.79. The molecule has 2 unspecified atom stereocenters. The fraction of sp³-hybridized carbons (Fsp3) is 1.00. The van der Waals surface area contributed by atoms with Crippen LogP contribution in [0.15, 0.2) is 0 Å². The first-order chi connectivity index (χ1) is 4.39. The molecule has 62 valence electrons. The minimum Gasteiger partial charge on any atom is -0.396 e. The molecule has 0 radical (unpaired) electrons. The molecule has 0 rings (SSSR count). The van der Waals surface area contributed by atoms with E-state index < -0.39 is 0 Å². The van der Waals surface area contributed by atoms with Gasteiger partial charge in [0, 0.05) is 12.6 Å². The Hall–Kier alpha value is -0.0800. The van der Waals surface area contributed by atoms with Gasteiger partial charge in [0.25, 0.3) is 0 Å². The molecule has 0 aliphatic heterocycles. The van der Waals surface area contributed by atoms with Gasteiger partial charge in [-0.1, -0.05) is 27.7 Å². The van der Waals surface area contributed by atoms with Crippen LogP contribution in [0.4, 0.5) is 0 Å². The minimum absolute atomic E-state index is 0.0810. The summed E-state index contributed by atoms with van der Waals surface area (Å²) in [6.07, 6.45) is 0. The number of rotatable bonds is 2. The zero-order chi connectivity index (χ0) is 8.36. The first-order valence-electron chi connectivity index (χ1n) is 3.76. The number of aliphatic hydroxyl groups is 1. The van der Waals surface area contributed by atoms with E-state index >= 15 is 0 Å². The largest absolute Gasteiger partial charge is 0.396 e. The molecule has 2 atom stereocenters. The van der Waals surface area contributed by atoms with Gasteiger partial charge < -0.3 is 10.8 Å². The van der Waals surface area contributed by atoms with E-state index in [1.54, 1.807) is 0 Å². The zero-order valence-corrected chi connectivity index (χ0v) is 7.39. The summed E-state index contributed by atoms with van der Waals surface area (Å²) >= 11 is 0. The quantitative estimate of drug-likeness (QED) is 0.608. The van der Waals surface area contributed by atoms with Crippen LogP contribution in [0.1, 0.15) is 27.7 Å². The van der Waals surface area contributed by atoms with E-state index in [0.717, 1.165) is 0 Å². The first-order valence-corrected chi connectivity index (χ1v) is 3.76. The van der Waals surface area contributed by atoms with Crippen molar-refractivity contribution in [2.24, 2.45) is 17.1 Å². The molecule has 2 heteroatoms. The zero-order valence-electron chi connectivity index (χ0n) is 7.39. The van der Waals surface area contributed by atoms with Crippen molar-refractivity contribution in [3.8, 4) is 0 Å². The van der Waals surface area contributed by atoms with Gasteiger partial charge in [-0.05, 0) is 11.3 Å². The summed E-state index contributed by atoms with van der Waals surface area (Å²) in [7, 11) is 0. The van der Waals surface area contributed by atoms with Crippen molar-refractivity contribution in [1.82, 2.24) is 0 Å². The van der Waals surface area contributed by atoms with E-state index in [0.29, 0.717) is 0 Å². The topological polar surface area (TPSA) is 46.2 Å². The van der Waals surface area contributed by atoms with Crippen molar-refractivity contribution in [1.29, 1.82) is 0 Å². The first kappa shape index (κ1) is 9.92. The Labute approximate surface area is 63.4 Å². The van der Waals surface area contributed by atoms with Crippen LogP contribution in [0.25, 0.3) is 0 Å². The summed E-state index contributed by atoms with van der Waals surface area (Å²) in [6, 6.07) is 0.0810. The Morgan fingerprint density at radius 2 is 1.80 bits per heavy atom. The molecule has 0 bridgehead atoms. The normalized spacial score (nSPS) is 18.6. The summed E-state index contributed by atoms with van der Waals surface area (Å²) < 4.78 is 0. The molecular weight excluding hydrogens is 126 g/mol. The van der Waals surface area contributed by atoms with Crippen LogP contribution in [0, 0.1) is 11.3 Å². The molecule has 2 nitrogen and oxygen atoms in total. The fourth-order valence-corrected chi connectivity index (χ4v) is 0.967. The van der Waals surface area contributed by atoms with E-state index in [-0.39, 0.29) is 24.0 Å². The van der Waals surface area contributed by atoms with Crippen molar-refractivity contribution in [3.63, 3.8) is 0 Å². The van der Waals surface area contributed by atoms with Gasteiger partial charge in [-0.2, -0.15) is 0 Å². The molecule has 0 spiro atoms. The van der Waals surface area contributed by atoms with Crippen LogP contribution in [-0.2, 0) is 0 Å². The summed E-state index contributed by atoms with van der Waals surface area (Å²) in [5, 5.41) is 8.79. The lowest BCUT2D eigenvalue weighted by molar-refractivity contribution is 0.162. The van der Waals surface area contributed by atoms with E-state index in [1.807, 2.05) is 6.92 Å². The maximum atomic E-state index is 8.79. The molecule has 0 heterocycles. The molecule has 0 aliphatic rings. The van der Waals surface area contributed by atoms with Gasteiger partial charge in [0.05, 0.1) is 0 Å². The third-order valence-corrected chi connectivity index (χ3v) is 1.90. The van der Waals surface area contributed by atoms with Crippen LogP contribution >= 0.6 is 0 Å². The molecule has 0 amide bonds. The monoisotopic (exact) mass is 145 g/mol. The van der Waals surface area contributed by atoms with Crippen molar-refractivity contribution >= 4 is 0 Å². The predicted octanol–water partition coefficient (Wildman–Crippen LogP) is 0.988. The van der Waals surface area contributed by atoms with Gasteiger partial charge >= 0.3 is 0 Å². The van der Waals surface area contributed by atoms with Crippen LogP contribution in [0.3, 0.4) is 0 Å². The third-order valence-electron chi connectivity index (χ3n) is 1.90. The van der Waals surface area contributed by atoms with Gasteiger partial charge in [-0.15, -0.1) is 0 Å². The summed E-state index contributed by atoms with van der Waals surface area (Å²) in [5.41, 5.74) is 5.94.